The molecule has 27 heavy (non-hydrogen) atoms. The van der Waals surface area contributed by atoms with Crippen molar-refractivity contribution in [2.45, 2.75) is 20.0 Å². The van der Waals surface area contributed by atoms with Gasteiger partial charge < -0.3 is 14.8 Å². The number of anilines is 1. The highest BCUT2D eigenvalue weighted by molar-refractivity contribution is 6.04. The van der Waals surface area contributed by atoms with Crippen molar-refractivity contribution in [2.24, 2.45) is 0 Å². The molecule has 0 aliphatic rings. The largest absolute Gasteiger partial charge is 0.493 e. The molecule has 3 rings (SSSR count). The van der Waals surface area contributed by atoms with E-state index in [9.17, 15) is 4.79 Å². The van der Waals surface area contributed by atoms with Crippen molar-refractivity contribution in [3.63, 3.8) is 0 Å². The molecule has 2 aromatic carbocycles. The Morgan fingerprint density at radius 3 is 2.33 bits per heavy atom. The van der Waals surface area contributed by atoms with Crippen LogP contribution >= 0.6 is 0 Å². The number of amides is 1. The molecule has 0 radical (unpaired) electrons. The molecule has 6 nitrogen and oxygen atoms in total. The van der Waals surface area contributed by atoms with Crippen molar-refractivity contribution < 1.29 is 14.3 Å². The summed E-state index contributed by atoms with van der Waals surface area (Å²) in [7, 11) is 1.54. The number of nitrogens with zero attached hydrogens (tertiary/aromatic N) is 2. The van der Waals surface area contributed by atoms with E-state index in [1.54, 1.807) is 37.7 Å². The Morgan fingerprint density at radius 1 is 1.00 bits per heavy atom. The second-order valence-electron chi connectivity index (χ2n) is 6.15. The molecule has 0 saturated heterocycles. The van der Waals surface area contributed by atoms with E-state index in [1.807, 2.05) is 44.2 Å². The minimum atomic E-state index is -0.277. The second kappa shape index (κ2) is 8.31. The lowest BCUT2D eigenvalue weighted by atomic mass is 10.2. The third kappa shape index (κ3) is 4.61. The molecule has 1 heterocycles. The molecule has 0 bridgehead atoms. The highest BCUT2D eigenvalue weighted by Gasteiger charge is 2.13. The molecule has 0 fully saturated rings. The summed E-state index contributed by atoms with van der Waals surface area (Å²) in [6, 6.07) is 14.7. The summed E-state index contributed by atoms with van der Waals surface area (Å²) in [5, 5.41) is 2.79. The number of carbonyl (C=O) groups excluding carboxylic acids is 1. The monoisotopic (exact) mass is 363 g/mol. The fourth-order valence-corrected chi connectivity index (χ4v) is 2.49. The maximum atomic E-state index is 12.5. The SMILES string of the molecule is COc1cc(C(=O)Nc2cnc(-c3ccccc3)nc2)ccc1OC(C)C. The zero-order valence-corrected chi connectivity index (χ0v) is 15.5. The van der Waals surface area contributed by atoms with E-state index >= 15 is 0 Å². The summed E-state index contributed by atoms with van der Waals surface area (Å²) < 4.78 is 11.0. The molecule has 0 unspecified atom stereocenters. The van der Waals surface area contributed by atoms with Gasteiger partial charge in [-0.15, -0.1) is 0 Å². The van der Waals surface area contributed by atoms with E-state index in [2.05, 4.69) is 15.3 Å². The number of benzene rings is 2. The van der Waals surface area contributed by atoms with Gasteiger partial charge in [0.25, 0.3) is 5.91 Å². The Bertz CT molecular complexity index is 910. The summed E-state index contributed by atoms with van der Waals surface area (Å²) in [4.78, 5) is 21.1. The standard InChI is InChI=1S/C21H21N3O3/c1-14(2)27-18-10-9-16(11-19(18)26-3)21(25)24-17-12-22-20(23-13-17)15-7-5-4-6-8-15/h4-14H,1-3H3,(H,24,25). The number of methoxy groups -OCH3 is 1. The molecule has 0 spiro atoms. The minimum absolute atomic E-state index is 0.0128. The van der Waals surface area contributed by atoms with E-state index in [1.165, 1.54) is 0 Å². The first-order valence-corrected chi connectivity index (χ1v) is 8.60. The fourth-order valence-electron chi connectivity index (χ4n) is 2.49. The number of nitrogens with one attached hydrogen (secondary N) is 1. The lowest BCUT2D eigenvalue weighted by molar-refractivity contribution is 0.102. The smallest absolute Gasteiger partial charge is 0.255 e. The van der Waals surface area contributed by atoms with E-state index < -0.39 is 0 Å². The van der Waals surface area contributed by atoms with Gasteiger partial charge in [0, 0.05) is 11.1 Å². The second-order valence-corrected chi connectivity index (χ2v) is 6.15. The molecular weight excluding hydrogens is 342 g/mol. The van der Waals surface area contributed by atoms with E-state index in [-0.39, 0.29) is 12.0 Å². The van der Waals surface area contributed by atoms with Gasteiger partial charge in [0.05, 0.1) is 31.3 Å². The summed E-state index contributed by atoms with van der Waals surface area (Å²) >= 11 is 0. The molecule has 1 aromatic heterocycles. The van der Waals surface area contributed by atoms with Crippen molar-refractivity contribution in [2.75, 3.05) is 12.4 Å². The van der Waals surface area contributed by atoms with Crippen molar-refractivity contribution in [1.82, 2.24) is 9.97 Å². The van der Waals surface area contributed by atoms with Gasteiger partial charge in [-0.25, -0.2) is 9.97 Å². The van der Waals surface area contributed by atoms with E-state index in [0.717, 1.165) is 5.56 Å². The van der Waals surface area contributed by atoms with Crippen LogP contribution in [0.15, 0.2) is 60.9 Å². The van der Waals surface area contributed by atoms with Gasteiger partial charge in [-0.2, -0.15) is 0 Å². The molecule has 1 amide bonds. The highest BCUT2D eigenvalue weighted by atomic mass is 16.5. The van der Waals surface area contributed by atoms with E-state index in [0.29, 0.717) is 28.6 Å². The lowest BCUT2D eigenvalue weighted by Crippen LogP contribution is -2.13. The van der Waals surface area contributed by atoms with Crippen LogP contribution in [0.3, 0.4) is 0 Å². The van der Waals surface area contributed by atoms with E-state index in [4.69, 9.17) is 9.47 Å². The molecule has 1 N–H and O–H groups in total. The van der Waals surface area contributed by atoms with Gasteiger partial charge in [0.2, 0.25) is 0 Å². The minimum Gasteiger partial charge on any atom is -0.493 e. The first kappa shape index (κ1) is 18.4. The number of aromatic nitrogens is 2. The Labute approximate surface area is 158 Å². The zero-order chi connectivity index (χ0) is 19.2. The fraction of sp³-hybridized carbons (Fsp3) is 0.190. The number of carbonyl (C=O) groups is 1. The highest BCUT2D eigenvalue weighted by Crippen LogP contribution is 2.29. The lowest BCUT2D eigenvalue weighted by Gasteiger charge is -2.14. The summed E-state index contributed by atoms with van der Waals surface area (Å²) in [6.45, 7) is 3.86. The Balaban J connectivity index is 1.73. The van der Waals surface area contributed by atoms with Crippen molar-refractivity contribution in [1.29, 1.82) is 0 Å². The molecule has 6 heteroatoms. The Hall–Kier alpha value is -3.41. The Morgan fingerprint density at radius 2 is 1.70 bits per heavy atom. The Kier molecular flexibility index (Phi) is 5.66. The molecular formula is C21H21N3O3. The quantitative estimate of drug-likeness (QED) is 0.711. The molecule has 0 aliphatic carbocycles. The normalized spacial score (nSPS) is 10.5. The van der Waals surface area contributed by atoms with Gasteiger partial charge in [-0.1, -0.05) is 30.3 Å². The van der Waals surface area contributed by atoms with Gasteiger partial charge in [0.1, 0.15) is 0 Å². The zero-order valence-electron chi connectivity index (χ0n) is 15.5. The first-order valence-electron chi connectivity index (χ1n) is 8.60. The van der Waals surface area contributed by atoms with Crippen LogP contribution < -0.4 is 14.8 Å². The average molecular weight is 363 g/mol. The number of rotatable bonds is 6. The molecule has 3 aromatic rings. The van der Waals surface area contributed by atoms with Crippen LogP contribution in [0.25, 0.3) is 11.4 Å². The molecule has 0 saturated carbocycles. The van der Waals surface area contributed by atoms with Crippen molar-refractivity contribution in [3.8, 4) is 22.9 Å². The van der Waals surface area contributed by atoms with Crippen LogP contribution in [0, 0.1) is 0 Å². The predicted molar refractivity (Wildman–Crippen MR) is 104 cm³/mol. The molecule has 0 aliphatic heterocycles. The van der Waals surface area contributed by atoms with Gasteiger partial charge >= 0.3 is 0 Å². The summed E-state index contributed by atoms with van der Waals surface area (Å²) in [6.07, 6.45) is 3.18. The number of hydrogen-bond donors (Lipinski definition) is 1. The summed E-state index contributed by atoms with van der Waals surface area (Å²) in [5.74, 6) is 1.43. The summed E-state index contributed by atoms with van der Waals surface area (Å²) in [5.41, 5.74) is 1.89. The molecule has 138 valence electrons. The van der Waals surface area contributed by atoms with Gasteiger partial charge in [-0.3, -0.25) is 4.79 Å². The topological polar surface area (TPSA) is 73.3 Å². The van der Waals surface area contributed by atoms with Crippen molar-refractivity contribution in [3.05, 3.63) is 66.5 Å². The third-order valence-corrected chi connectivity index (χ3v) is 3.73. The van der Waals surface area contributed by atoms with Crippen LogP contribution in [-0.2, 0) is 0 Å². The van der Waals surface area contributed by atoms with Crippen LogP contribution in [0.2, 0.25) is 0 Å². The van der Waals surface area contributed by atoms with Crippen molar-refractivity contribution >= 4 is 11.6 Å². The predicted octanol–water partition coefficient (Wildman–Crippen LogP) is 4.19. The maximum Gasteiger partial charge on any atom is 0.255 e. The van der Waals surface area contributed by atoms with Gasteiger partial charge in [0.15, 0.2) is 17.3 Å². The number of ether oxygens (including phenoxy) is 2. The van der Waals surface area contributed by atoms with Crippen LogP contribution in [-0.4, -0.2) is 29.1 Å². The van der Waals surface area contributed by atoms with Gasteiger partial charge in [-0.05, 0) is 32.0 Å². The third-order valence-electron chi connectivity index (χ3n) is 3.73. The van der Waals surface area contributed by atoms with Crippen LogP contribution in [0.1, 0.15) is 24.2 Å². The maximum absolute atomic E-state index is 12.5. The average Bonchev–Trinajstić information content (AvgIpc) is 2.69. The van der Waals surface area contributed by atoms with Crippen LogP contribution in [0.4, 0.5) is 5.69 Å². The number of hydrogen-bond acceptors (Lipinski definition) is 5. The first-order chi connectivity index (χ1) is 13.1. The van der Waals surface area contributed by atoms with Crippen LogP contribution in [0.5, 0.6) is 11.5 Å². The molecule has 0 atom stereocenters.